The summed E-state index contributed by atoms with van der Waals surface area (Å²) in [6, 6.07) is 13.3. The van der Waals surface area contributed by atoms with Crippen molar-refractivity contribution in [1.82, 2.24) is 14.3 Å². The van der Waals surface area contributed by atoms with Crippen molar-refractivity contribution in [2.45, 2.75) is 0 Å². The fourth-order valence-corrected chi connectivity index (χ4v) is 3.11. The fourth-order valence-electron chi connectivity index (χ4n) is 3.11. The Balaban J connectivity index is 2.08. The number of carboxylic acid groups (broad SMARTS) is 1. The maximum Gasteiger partial charge on any atom is 0.335 e. The van der Waals surface area contributed by atoms with Crippen LogP contribution in [0.25, 0.3) is 33.1 Å². The van der Waals surface area contributed by atoms with Gasteiger partial charge in [0.1, 0.15) is 5.69 Å². The van der Waals surface area contributed by atoms with Gasteiger partial charge >= 0.3 is 5.97 Å². The molecule has 0 saturated heterocycles. The van der Waals surface area contributed by atoms with Gasteiger partial charge in [-0.2, -0.15) is 5.10 Å². The quantitative estimate of drug-likeness (QED) is 0.617. The number of carboxylic acids is 1. The van der Waals surface area contributed by atoms with Gasteiger partial charge in [-0.15, -0.1) is 0 Å². The van der Waals surface area contributed by atoms with Crippen LogP contribution < -0.4 is 0 Å². The van der Waals surface area contributed by atoms with Gasteiger partial charge < -0.3 is 9.67 Å². The van der Waals surface area contributed by atoms with Crippen LogP contribution >= 0.6 is 0 Å². The predicted molar refractivity (Wildman–Crippen MR) is 89.6 cm³/mol. The highest BCUT2D eigenvalue weighted by atomic mass is 16.4. The Kier molecular flexibility index (Phi) is 2.78. The molecular formula is C18H15N3O2. The Labute approximate surface area is 132 Å². The van der Waals surface area contributed by atoms with Crippen LogP contribution in [0.3, 0.4) is 0 Å². The molecular weight excluding hydrogens is 290 g/mol. The van der Waals surface area contributed by atoms with E-state index in [2.05, 4.69) is 21.8 Å². The number of benzene rings is 2. The van der Waals surface area contributed by atoms with Crippen LogP contribution in [-0.4, -0.2) is 25.4 Å². The number of fused-ring (bicyclic) bond motifs is 2. The van der Waals surface area contributed by atoms with E-state index in [1.807, 2.05) is 32.4 Å². The van der Waals surface area contributed by atoms with E-state index in [0.29, 0.717) is 0 Å². The summed E-state index contributed by atoms with van der Waals surface area (Å²) in [4.78, 5) is 11.3. The van der Waals surface area contributed by atoms with Crippen LogP contribution in [0.15, 0.2) is 48.7 Å². The fraction of sp³-hybridized carbons (Fsp3) is 0.111. The molecule has 114 valence electrons. The number of hydrogen-bond donors (Lipinski definition) is 1. The standard InChI is InChI=1S/C18H15N3O2/c1-20-9-8-12-13(4-3-5-15(12)20)17-14-10-11(18(22)23)6-7-16(14)21(2)19-17/h3-10H,1-2H3,(H,22,23). The molecule has 0 aliphatic rings. The van der Waals surface area contributed by atoms with Crippen molar-refractivity contribution >= 4 is 27.8 Å². The van der Waals surface area contributed by atoms with Gasteiger partial charge in [0.25, 0.3) is 0 Å². The lowest BCUT2D eigenvalue weighted by Crippen LogP contribution is -1.95. The molecule has 0 saturated carbocycles. The summed E-state index contributed by atoms with van der Waals surface area (Å²) >= 11 is 0. The summed E-state index contributed by atoms with van der Waals surface area (Å²) in [7, 11) is 3.88. The second kappa shape index (κ2) is 4.71. The monoisotopic (exact) mass is 305 g/mol. The lowest BCUT2D eigenvalue weighted by atomic mass is 10.0. The Hall–Kier alpha value is -3.08. The van der Waals surface area contributed by atoms with Crippen molar-refractivity contribution in [2.24, 2.45) is 14.1 Å². The average Bonchev–Trinajstić information content (AvgIpc) is 3.08. The van der Waals surface area contributed by atoms with Crippen LogP contribution in [0, 0.1) is 0 Å². The van der Waals surface area contributed by atoms with Gasteiger partial charge in [0.15, 0.2) is 0 Å². The zero-order chi connectivity index (χ0) is 16.1. The maximum absolute atomic E-state index is 11.3. The minimum Gasteiger partial charge on any atom is -0.478 e. The summed E-state index contributed by atoms with van der Waals surface area (Å²) < 4.78 is 3.85. The van der Waals surface area contributed by atoms with Gasteiger partial charge in [0.05, 0.1) is 11.1 Å². The van der Waals surface area contributed by atoms with Crippen molar-refractivity contribution in [3.8, 4) is 11.3 Å². The molecule has 0 spiro atoms. The van der Waals surface area contributed by atoms with Gasteiger partial charge in [-0.05, 0) is 30.3 Å². The van der Waals surface area contributed by atoms with E-state index in [4.69, 9.17) is 0 Å². The highest BCUT2D eigenvalue weighted by Crippen LogP contribution is 2.33. The van der Waals surface area contributed by atoms with Gasteiger partial charge in [0, 0.05) is 42.1 Å². The summed E-state index contributed by atoms with van der Waals surface area (Å²) in [6.07, 6.45) is 2.02. The Morgan fingerprint density at radius 2 is 1.87 bits per heavy atom. The molecule has 2 heterocycles. The van der Waals surface area contributed by atoms with Crippen LogP contribution in [0.2, 0.25) is 0 Å². The smallest absolute Gasteiger partial charge is 0.335 e. The largest absolute Gasteiger partial charge is 0.478 e. The lowest BCUT2D eigenvalue weighted by Gasteiger charge is -2.03. The van der Waals surface area contributed by atoms with Crippen LogP contribution in [0.4, 0.5) is 0 Å². The SMILES string of the molecule is Cn1ccc2c(-c3nn(C)c4ccc(C(=O)O)cc34)cccc21. The van der Waals surface area contributed by atoms with E-state index in [0.717, 1.165) is 33.1 Å². The molecule has 0 atom stereocenters. The third-order valence-corrected chi connectivity index (χ3v) is 4.28. The number of aryl methyl sites for hydroxylation is 2. The molecule has 1 N–H and O–H groups in total. The number of carbonyl (C=O) groups is 1. The van der Waals surface area contributed by atoms with Crippen LogP contribution in [0.1, 0.15) is 10.4 Å². The molecule has 4 aromatic rings. The summed E-state index contributed by atoms with van der Waals surface area (Å²) in [5.41, 5.74) is 4.12. The maximum atomic E-state index is 11.3. The van der Waals surface area contributed by atoms with Gasteiger partial charge in [0.2, 0.25) is 0 Å². The van der Waals surface area contributed by atoms with Crippen LogP contribution in [-0.2, 0) is 14.1 Å². The molecule has 0 aliphatic carbocycles. The highest BCUT2D eigenvalue weighted by molar-refractivity contribution is 6.04. The van der Waals surface area contributed by atoms with Gasteiger partial charge in [-0.3, -0.25) is 4.68 Å². The predicted octanol–water partition coefficient (Wildman–Crippen LogP) is 3.43. The summed E-state index contributed by atoms with van der Waals surface area (Å²) in [5.74, 6) is -0.931. The second-order valence-electron chi connectivity index (χ2n) is 5.67. The lowest BCUT2D eigenvalue weighted by molar-refractivity contribution is 0.0697. The molecule has 5 nitrogen and oxygen atoms in total. The number of aromatic nitrogens is 3. The zero-order valence-corrected chi connectivity index (χ0v) is 12.8. The first-order valence-corrected chi connectivity index (χ1v) is 7.31. The van der Waals surface area contributed by atoms with Crippen LogP contribution in [0.5, 0.6) is 0 Å². The number of nitrogens with zero attached hydrogens (tertiary/aromatic N) is 3. The number of aromatic carboxylic acids is 1. The number of hydrogen-bond acceptors (Lipinski definition) is 2. The number of rotatable bonds is 2. The molecule has 0 aliphatic heterocycles. The first-order chi connectivity index (χ1) is 11.1. The Morgan fingerprint density at radius 1 is 1.04 bits per heavy atom. The van der Waals surface area contributed by atoms with E-state index >= 15 is 0 Å². The van der Waals surface area contributed by atoms with E-state index in [1.54, 1.807) is 22.9 Å². The third kappa shape index (κ3) is 1.93. The minimum absolute atomic E-state index is 0.270. The molecule has 0 amide bonds. The third-order valence-electron chi connectivity index (χ3n) is 4.28. The topological polar surface area (TPSA) is 60.0 Å². The van der Waals surface area contributed by atoms with Crippen molar-refractivity contribution in [2.75, 3.05) is 0 Å². The van der Waals surface area contributed by atoms with E-state index in [1.165, 1.54) is 0 Å². The first-order valence-electron chi connectivity index (χ1n) is 7.31. The van der Waals surface area contributed by atoms with Crippen molar-refractivity contribution in [3.63, 3.8) is 0 Å². The molecule has 0 fully saturated rings. The second-order valence-corrected chi connectivity index (χ2v) is 5.67. The molecule has 5 heteroatoms. The van der Waals surface area contributed by atoms with E-state index < -0.39 is 5.97 Å². The summed E-state index contributed by atoms with van der Waals surface area (Å²) in [5, 5.41) is 15.8. The normalized spacial score (nSPS) is 11.4. The molecule has 0 bridgehead atoms. The van der Waals surface area contributed by atoms with E-state index in [9.17, 15) is 9.90 Å². The van der Waals surface area contributed by atoms with Crippen molar-refractivity contribution in [3.05, 3.63) is 54.2 Å². The Morgan fingerprint density at radius 3 is 2.65 bits per heavy atom. The average molecular weight is 305 g/mol. The molecule has 0 unspecified atom stereocenters. The minimum atomic E-state index is -0.931. The molecule has 23 heavy (non-hydrogen) atoms. The zero-order valence-electron chi connectivity index (χ0n) is 12.8. The first kappa shape index (κ1) is 13.6. The summed E-state index contributed by atoms with van der Waals surface area (Å²) in [6.45, 7) is 0. The molecule has 2 aromatic heterocycles. The Bertz CT molecular complexity index is 1070. The van der Waals surface area contributed by atoms with Gasteiger partial charge in [-0.1, -0.05) is 12.1 Å². The van der Waals surface area contributed by atoms with Gasteiger partial charge in [-0.25, -0.2) is 4.79 Å². The highest BCUT2D eigenvalue weighted by Gasteiger charge is 2.16. The van der Waals surface area contributed by atoms with Crippen molar-refractivity contribution < 1.29 is 9.90 Å². The molecule has 4 rings (SSSR count). The van der Waals surface area contributed by atoms with Crippen molar-refractivity contribution in [1.29, 1.82) is 0 Å². The van der Waals surface area contributed by atoms with E-state index in [-0.39, 0.29) is 5.56 Å². The molecule has 0 radical (unpaired) electrons. The molecule has 2 aromatic carbocycles.